The molecule has 3 nitrogen and oxygen atoms in total. The molecule has 0 fully saturated rings. The van der Waals surface area contributed by atoms with Crippen LogP contribution in [-0.4, -0.2) is 4.98 Å². The third-order valence-corrected chi connectivity index (χ3v) is 4.30. The van der Waals surface area contributed by atoms with Gasteiger partial charge in [-0.05, 0) is 31.5 Å². The number of hydrogen-bond donors (Lipinski definition) is 2. The smallest absolute Gasteiger partial charge is 0.109 e. The fraction of sp³-hybridized carbons (Fsp3) is 0.308. The van der Waals surface area contributed by atoms with Gasteiger partial charge in [-0.15, -0.1) is 11.3 Å². The molecule has 1 atom stereocenters. The lowest BCUT2D eigenvalue weighted by Gasteiger charge is -2.12. The van der Waals surface area contributed by atoms with Crippen LogP contribution in [-0.2, 0) is 6.54 Å². The Morgan fingerprint density at radius 2 is 2.28 bits per heavy atom. The van der Waals surface area contributed by atoms with Crippen LogP contribution in [0.15, 0.2) is 28.9 Å². The molecular weight excluding hydrogens is 310 g/mol. The molecule has 18 heavy (non-hydrogen) atoms. The number of thiazole rings is 1. The molecule has 0 saturated heterocycles. The molecule has 1 heterocycles. The van der Waals surface area contributed by atoms with Gasteiger partial charge in [-0.3, -0.25) is 0 Å². The SMILES string of the molecule is Cc1cnc(C(C)NCc2ccc(Br)cc2N)s1. The van der Waals surface area contributed by atoms with E-state index in [-0.39, 0.29) is 6.04 Å². The molecule has 0 aliphatic carbocycles. The van der Waals surface area contributed by atoms with Crippen molar-refractivity contribution in [2.24, 2.45) is 0 Å². The monoisotopic (exact) mass is 325 g/mol. The van der Waals surface area contributed by atoms with Crippen LogP contribution in [0.4, 0.5) is 5.69 Å². The Morgan fingerprint density at radius 1 is 1.50 bits per heavy atom. The lowest BCUT2D eigenvalue weighted by Crippen LogP contribution is -2.18. The fourth-order valence-corrected chi connectivity index (χ4v) is 2.83. The number of benzene rings is 1. The number of nitrogens with two attached hydrogens (primary N) is 1. The summed E-state index contributed by atoms with van der Waals surface area (Å²) in [6.45, 7) is 4.94. The molecule has 1 aromatic heterocycles. The Kier molecular flexibility index (Phi) is 4.37. The van der Waals surface area contributed by atoms with Gasteiger partial charge < -0.3 is 11.1 Å². The zero-order valence-electron chi connectivity index (χ0n) is 10.4. The minimum absolute atomic E-state index is 0.242. The summed E-state index contributed by atoms with van der Waals surface area (Å²) < 4.78 is 1.01. The molecule has 0 saturated carbocycles. The van der Waals surface area contributed by atoms with Crippen LogP contribution in [0.5, 0.6) is 0 Å². The maximum Gasteiger partial charge on any atom is 0.109 e. The predicted molar refractivity (Wildman–Crippen MR) is 80.7 cm³/mol. The summed E-state index contributed by atoms with van der Waals surface area (Å²) in [4.78, 5) is 5.62. The molecule has 1 aromatic carbocycles. The highest BCUT2D eigenvalue weighted by atomic mass is 79.9. The number of rotatable bonds is 4. The number of anilines is 1. The largest absolute Gasteiger partial charge is 0.398 e. The van der Waals surface area contributed by atoms with Crippen molar-refractivity contribution < 1.29 is 0 Å². The standard InChI is InChI=1S/C13H16BrN3S/c1-8-6-17-13(18-8)9(2)16-7-10-3-4-11(14)5-12(10)15/h3-6,9,16H,7,15H2,1-2H3. The van der Waals surface area contributed by atoms with E-state index in [9.17, 15) is 0 Å². The van der Waals surface area contributed by atoms with Crippen LogP contribution >= 0.6 is 27.3 Å². The average molecular weight is 326 g/mol. The number of nitrogen functional groups attached to an aromatic ring is 1. The number of nitrogens with zero attached hydrogens (tertiary/aromatic N) is 1. The molecule has 0 radical (unpaired) electrons. The van der Waals surface area contributed by atoms with Crippen molar-refractivity contribution in [3.8, 4) is 0 Å². The van der Waals surface area contributed by atoms with Crippen LogP contribution in [0.2, 0.25) is 0 Å². The van der Waals surface area contributed by atoms with Crippen molar-refractivity contribution >= 4 is 33.0 Å². The minimum Gasteiger partial charge on any atom is -0.398 e. The van der Waals surface area contributed by atoms with Gasteiger partial charge in [0.15, 0.2) is 0 Å². The zero-order valence-corrected chi connectivity index (χ0v) is 12.8. The molecule has 0 amide bonds. The van der Waals surface area contributed by atoms with Crippen LogP contribution in [0, 0.1) is 6.92 Å². The van der Waals surface area contributed by atoms with Gasteiger partial charge in [-0.25, -0.2) is 4.98 Å². The first-order chi connectivity index (χ1) is 8.56. The summed E-state index contributed by atoms with van der Waals surface area (Å²) >= 11 is 5.13. The Hall–Kier alpha value is -0.910. The van der Waals surface area contributed by atoms with Crippen molar-refractivity contribution in [3.05, 3.63) is 44.3 Å². The fourth-order valence-electron chi connectivity index (χ4n) is 1.65. The van der Waals surface area contributed by atoms with Crippen molar-refractivity contribution in [1.82, 2.24) is 10.3 Å². The van der Waals surface area contributed by atoms with Crippen molar-refractivity contribution in [2.75, 3.05) is 5.73 Å². The third kappa shape index (κ3) is 3.31. The predicted octanol–water partition coefficient (Wildman–Crippen LogP) is 3.65. The highest BCUT2D eigenvalue weighted by molar-refractivity contribution is 9.10. The maximum atomic E-state index is 5.97. The molecule has 0 spiro atoms. The molecule has 2 aromatic rings. The summed E-state index contributed by atoms with van der Waals surface area (Å²) in [5, 5.41) is 4.56. The Morgan fingerprint density at radius 3 is 2.89 bits per heavy atom. The Labute approximate surface area is 120 Å². The number of aromatic nitrogens is 1. The topological polar surface area (TPSA) is 50.9 Å². The molecule has 2 rings (SSSR count). The lowest BCUT2D eigenvalue weighted by atomic mass is 10.2. The minimum atomic E-state index is 0.242. The quantitative estimate of drug-likeness (QED) is 0.843. The average Bonchev–Trinajstić information content (AvgIpc) is 2.74. The van der Waals surface area contributed by atoms with E-state index in [1.54, 1.807) is 11.3 Å². The number of aryl methyl sites for hydroxylation is 1. The highest BCUT2D eigenvalue weighted by Gasteiger charge is 2.09. The van der Waals surface area contributed by atoms with Gasteiger partial charge in [0.25, 0.3) is 0 Å². The molecule has 0 aliphatic rings. The second-order valence-electron chi connectivity index (χ2n) is 4.25. The third-order valence-electron chi connectivity index (χ3n) is 2.72. The molecule has 0 bridgehead atoms. The van der Waals surface area contributed by atoms with Crippen LogP contribution in [0.25, 0.3) is 0 Å². The van der Waals surface area contributed by atoms with Crippen LogP contribution in [0.1, 0.15) is 28.4 Å². The van der Waals surface area contributed by atoms with E-state index in [2.05, 4.69) is 40.1 Å². The molecule has 5 heteroatoms. The van der Waals surface area contributed by atoms with Gasteiger partial charge in [0, 0.05) is 27.8 Å². The van der Waals surface area contributed by atoms with Crippen LogP contribution < -0.4 is 11.1 Å². The van der Waals surface area contributed by atoms with Crippen molar-refractivity contribution in [2.45, 2.75) is 26.4 Å². The number of halogens is 1. The van der Waals surface area contributed by atoms with E-state index >= 15 is 0 Å². The van der Waals surface area contributed by atoms with Gasteiger partial charge in [-0.2, -0.15) is 0 Å². The normalized spacial score (nSPS) is 12.6. The first-order valence-electron chi connectivity index (χ1n) is 5.76. The van der Waals surface area contributed by atoms with Gasteiger partial charge in [0.1, 0.15) is 5.01 Å². The van der Waals surface area contributed by atoms with E-state index in [1.807, 2.05) is 24.4 Å². The molecular formula is C13H16BrN3S. The first kappa shape index (κ1) is 13.5. The molecule has 1 unspecified atom stereocenters. The second kappa shape index (κ2) is 5.82. The first-order valence-corrected chi connectivity index (χ1v) is 7.37. The second-order valence-corrected chi connectivity index (χ2v) is 6.44. The van der Waals surface area contributed by atoms with E-state index in [0.717, 1.165) is 27.3 Å². The highest BCUT2D eigenvalue weighted by Crippen LogP contribution is 2.21. The van der Waals surface area contributed by atoms with E-state index in [4.69, 9.17) is 5.73 Å². The summed E-state index contributed by atoms with van der Waals surface area (Å²) in [6, 6.07) is 6.21. The van der Waals surface area contributed by atoms with Crippen molar-refractivity contribution in [1.29, 1.82) is 0 Å². The van der Waals surface area contributed by atoms with E-state index in [0.29, 0.717) is 0 Å². The van der Waals surface area contributed by atoms with Gasteiger partial charge in [0.05, 0.1) is 6.04 Å². The van der Waals surface area contributed by atoms with Gasteiger partial charge in [-0.1, -0.05) is 22.0 Å². The summed E-state index contributed by atoms with van der Waals surface area (Å²) in [5.74, 6) is 0. The zero-order chi connectivity index (χ0) is 13.1. The maximum absolute atomic E-state index is 5.97. The number of nitrogens with one attached hydrogen (secondary N) is 1. The van der Waals surface area contributed by atoms with E-state index < -0.39 is 0 Å². The van der Waals surface area contributed by atoms with Crippen LogP contribution in [0.3, 0.4) is 0 Å². The van der Waals surface area contributed by atoms with Gasteiger partial charge in [0.2, 0.25) is 0 Å². The summed E-state index contributed by atoms with van der Waals surface area (Å²) in [5.41, 5.74) is 7.88. The summed E-state index contributed by atoms with van der Waals surface area (Å²) in [7, 11) is 0. The lowest BCUT2D eigenvalue weighted by molar-refractivity contribution is 0.572. The van der Waals surface area contributed by atoms with E-state index in [1.165, 1.54) is 4.88 Å². The van der Waals surface area contributed by atoms with Crippen molar-refractivity contribution in [3.63, 3.8) is 0 Å². The Balaban J connectivity index is 1.99. The molecule has 0 aliphatic heterocycles. The molecule has 3 N–H and O–H groups in total. The summed E-state index contributed by atoms with van der Waals surface area (Å²) in [6.07, 6.45) is 1.91. The number of hydrogen-bond acceptors (Lipinski definition) is 4. The molecule has 96 valence electrons. The Bertz CT molecular complexity index is 539. The van der Waals surface area contributed by atoms with Gasteiger partial charge >= 0.3 is 0 Å².